The molecule has 0 unspecified atom stereocenters. The molecular formula is C72H3BF60O3S3. The standard InChI is InChI=1S/3C24F20S.BH3O3/c3*25-1-5(29)13(37)21(14(38)6(1)30)45(22-15(39)7(31)2(26)8(32)16(22)40,23-17(41)9(33)3(27)10(34)18(23)42)24-19(43)11(35)4(28)12(36)20(24)44;2-1(3)4/h;;;2-4H. The van der Waals surface area contributed by atoms with E-state index in [0.717, 1.165) is 0 Å². The molecule has 0 fully saturated rings. The molecule has 139 heavy (non-hydrogen) atoms. The minimum absolute atomic E-state index is 2.17. The first-order valence-corrected chi connectivity index (χ1v) is 37.5. The zero-order chi connectivity index (χ0) is 107. The van der Waals surface area contributed by atoms with Gasteiger partial charge in [-0.3, -0.25) is 0 Å². The molecule has 0 amide bonds. The minimum Gasteiger partial charge on any atom is -0.402 e. The second kappa shape index (κ2) is 38.6. The fourth-order valence-electron chi connectivity index (χ4n) is 12.1. The van der Waals surface area contributed by atoms with Crippen molar-refractivity contribution < 1.29 is 278 Å². The van der Waals surface area contributed by atoms with Crippen LogP contribution >= 0.6 is 30.1 Å². The van der Waals surface area contributed by atoms with Crippen LogP contribution in [0.5, 0.6) is 0 Å². The van der Waals surface area contributed by atoms with Gasteiger partial charge in [0.1, 0.15) is 0 Å². The van der Waals surface area contributed by atoms with Crippen molar-refractivity contribution >= 4 is 37.4 Å². The van der Waals surface area contributed by atoms with Gasteiger partial charge in [0.25, 0.3) is 0 Å². The van der Waals surface area contributed by atoms with Gasteiger partial charge in [-0.05, 0) is 0 Å². The van der Waals surface area contributed by atoms with E-state index in [1.165, 1.54) is 0 Å². The number of hydrogen-bond acceptors (Lipinski definition) is 3. The van der Waals surface area contributed by atoms with Crippen molar-refractivity contribution in [2.45, 2.75) is 58.7 Å². The molecular weight excluding hydrogens is 2160 g/mol. The second-order valence-corrected chi connectivity index (χ2v) is 33.5. The summed E-state index contributed by atoms with van der Waals surface area (Å²) >= 11 is 0. The third-order valence-electron chi connectivity index (χ3n) is 17.7. The summed E-state index contributed by atoms with van der Waals surface area (Å²) < 4.78 is 882. The predicted molar refractivity (Wildman–Crippen MR) is 329 cm³/mol. The van der Waals surface area contributed by atoms with Gasteiger partial charge in [0, 0.05) is 0 Å². The first-order chi connectivity index (χ1) is 63.8. The highest BCUT2D eigenvalue weighted by molar-refractivity contribution is 8.34. The highest BCUT2D eigenvalue weighted by atomic mass is 32.3. The number of hydrogen-bond donors (Lipinski definition) is 3. The molecule has 12 aromatic rings. The van der Waals surface area contributed by atoms with Gasteiger partial charge < -0.3 is 15.1 Å². The Bertz CT molecular complexity index is 5460. The van der Waals surface area contributed by atoms with Crippen LogP contribution in [0, 0.1) is 349 Å². The second-order valence-electron chi connectivity index (χ2n) is 25.0. The molecule has 12 aromatic carbocycles. The Kier molecular flexibility index (Phi) is 30.5. The van der Waals surface area contributed by atoms with E-state index in [1.54, 1.807) is 0 Å². The highest BCUT2D eigenvalue weighted by Gasteiger charge is 2.60. The van der Waals surface area contributed by atoms with Crippen molar-refractivity contribution in [3.8, 4) is 0 Å². The monoisotopic (exact) mass is 2160 g/mol. The van der Waals surface area contributed by atoms with Crippen LogP contribution in [0.1, 0.15) is 0 Å². The number of halogens is 60. The topological polar surface area (TPSA) is 60.7 Å². The lowest BCUT2D eigenvalue weighted by Crippen LogP contribution is -2.24. The Labute approximate surface area is 721 Å². The molecule has 0 spiro atoms. The van der Waals surface area contributed by atoms with Crippen LogP contribution in [-0.2, 0) is 0 Å². The van der Waals surface area contributed by atoms with Crippen molar-refractivity contribution in [3.63, 3.8) is 0 Å². The maximum Gasteiger partial charge on any atom is 0.631 e. The predicted octanol–water partition coefficient (Wildman–Crippen LogP) is 27.4. The van der Waals surface area contributed by atoms with Crippen molar-refractivity contribution in [1.82, 2.24) is 0 Å². The molecule has 0 bridgehead atoms. The maximum absolute atomic E-state index is 15.4. The van der Waals surface area contributed by atoms with E-state index in [1.807, 2.05) is 0 Å². The number of rotatable bonds is 12. The molecule has 0 aliphatic carbocycles. The van der Waals surface area contributed by atoms with Gasteiger partial charge in [0.2, 0.25) is 69.8 Å². The summed E-state index contributed by atoms with van der Waals surface area (Å²) in [5.74, 6) is -214. The molecule has 0 aliphatic heterocycles. The average molecular weight is 2160 g/mol. The lowest BCUT2D eigenvalue weighted by molar-refractivity contribution is 0.278. The third-order valence-corrected chi connectivity index (χ3v) is 29.4. The summed E-state index contributed by atoms with van der Waals surface area (Å²) in [6.07, 6.45) is 0. The Hall–Kier alpha value is -12.6. The lowest BCUT2D eigenvalue weighted by Gasteiger charge is -2.42. The number of benzene rings is 12. The molecule has 0 saturated heterocycles. The average Bonchev–Trinajstić information content (AvgIpc) is 0.687. The van der Waals surface area contributed by atoms with Crippen LogP contribution in [0.25, 0.3) is 0 Å². The maximum atomic E-state index is 15.4. The van der Waals surface area contributed by atoms with E-state index in [-0.39, 0.29) is 0 Å². The van der Waals surface area contributed by atoms with Gasteiger partial charge in [-0.1, -0.05) is 0 Å². The molecule has 0 aromatic heterocycles. The summed E-state index contributed by atoms with van der Waals surface area (Å²) in [6.45, 7) is 0. The molecule has 0 heterocycles. The fraction of sp³-hybridized carbons (Fsp3) is 0. The van der Waals surface area contributed by atoms with Crippen LogP contribution in [0.3, 0.4) is 0 Å². The molecule has 3 N–H and O–H groups in total. The summed E-state index contributed by atoms with van der Waals surface area (Å²) in [7, 11) is -24.9. The van der Waals surface area contributed by atoms with E-state index in [4.69, 9.17) is 15.1 Å². The first-order valence-electron chi connectivity index (χ1n) is 32.6. The highest BCUT2D eigenvalue weighted by Crippen LogP contribution is 2.82. The van der Waals surface area contributed by atoms with E-state index < -0.39 is 445 Å². The van der Waals surface area contributed by atoms with E-state index >= 15 is 105 Å². The molecule has 750 valence electrons. The molecule has 3 nitrogen and oxygen atoms in total. The summed E-state index contributed by atoms with van der Waals surface area (Å²) in [5, 5.41) is 21.5. The minimum atomic E-state index is -7.59. The van der Waals surface area contributed by atoms with Crippen molar-refractivity contribution in [3.05, 3.63) is 349 Å². The third kappa shape index (κ3) is 15.8. The summed E-state index contributed by atoms with van der Waals surface area (Å²) in [6, 6.07) is 0. The zero-order valence-electron chi connectivity index (χ0n) is 61.8. The smallest absolute Gasteiger partial charge is 0.402 e. The van der Waals surface area contributed by atoms with Crippen LogP contribution in [0.4, 0.5) is 263 Å². The Balaban J connectivity index is 0.000000228. The molecule has 0 aliphatic rings. The van der Waals surface area contributed by atoms with Gasteiger partial charge in [-0.25, -0.2) is 263 Å². The van der Waals surface area contributed by atoms with Crippen molar-refractivity contribution in [2.75, 3.05) is 0 Å². The SMILES string of the molecule is Fc1c(F)c(F)c(S(c2c(F)c(F)c(F)c(F)c2F)(c2c(F)c(F)c(F)c(F)c2F)c2c(F)c(F)c(F)c(F)c2F)c(F)c1F.Fc1c(F)c(F)c(S(c2c(F)c(F)c(F)c(F)c2F)(c2c(F)c(F)c(F)c(F)c2F)c2c(F)c(F)c(F)c(F)c2F)c(F)c1F.Fc1c(F)c(F)c(S(c2c(F)c(F)c(F)c(F)c2F)(c2c(F)c(F)c(F)c(F)c2F)c2c(F)c(F)c(F)c(F)c2F)c(F)c1F.OB(O)O. The Morgan fingerprint density at radius 2 is 0.108 bits per heavy atom. The van der Waals surface area contributed by atoms with Gasteiger partial charge >= 0.3 is 7.32 Å². The lowest BCUT2D eigenvalue weighted by atomic mass is 10.3. The van der Waals surface area contributed by atoms with Crippen LogP contribution < -0.4 is 0 Å². The molecule has 0 saturated carbocycles. The van der Waals surface area contributed by atoms with Crippen molar-refractivity contribution in [2.24, 2.45) is 0 Å². The Morgan fingerprint density at radius 3 is 0.144 bits per heavy atom. The van der Waals surface area contributed by atoms with Gasteiger partial charge in [0.05, 0.1) is 58.7 Å². The quantitative estimate of drug-likeness (QED) is 0.0494. The fourth-order valence-corrected chi connectivity index (χ4v) is 24.4. The zero-order valence-corrected chi connectivity index (χ0v) is 64.3. The molecule has 67 heteroatoms. The van der Waals surface area contributed by atoms with E-state index in [2.05, 4.69) is 0 Å². The normalized spacial score (nSPS) is 12.2. The van der Waals surface area contributed by atoms with E-state index in [0.29, 0.717) is 0 Å². The molecule has 0 radical (unpaired) electrons. The largest absolute Gasteiger partial charge is 0.631 e. The molecule has 12 rings (SSSR count). The van der Waals surface area contributed by atoms with Crippen LogP contribution in [-0.4, -0.2) is 22.4 Å². The van der Waals surface area contributed by atoms with Crippen LogP contribution in [0.15, 0.2) is 58.7 Å². The van der Waals surface area contributed by atoms with Gasteiger partial charge in [0.15, 0.2) is 279 Å². The van der Waals surface area contributed by atoms with E-state index in [9.17, 15) is 158 Å². The van der Waals surface area contributed by atoms with Crippen LogP contribution in [0.2, 0.25) is 0 Å². The van der Waals surface area contributed by atoms with Gasteiger partial charge in [-0.2, -0.15) is 0 Å². The first kappa shape index (κ1) is 110. The van der Waals surface area contributed by atoms with Gasteiger partial charge in [-0.15, -0.1) is 30.1 Å². The summed E-state index contributed by atoms with van der Waals surface area (Å²) in [4.78, 5) is -42.7. The molecule has 0 atom stereocenters. The summed E-state index contributed by atoms with van der Waals surface area (Å²) in [5.41, 5.74) is 0. The van der Waals surface area contributed by atoms with Crippen molar-refractivity contribution in [1.29, 1.82) is 0 Å². The Morgan fingerprint density at radius 1 is 0.0791 bits per heavy atom.